The van der Waals surface area contributed by atoms with Gasteiger partial charge in [0, 0.05) is 12.5 Å². The number of halogens is 2. The Kier molecular flexibility index (Phi) is 5.06. The molecule has 0 saturated carbocycles. The predicted octanol–water partition coefficient (Wildman–Crippen LogP) is 3.13. The number of carbonyl (C=O) groups excluding carboxylic acids is 1. The maximum absolute atomic E-state index is 13.8. The molecule has 0 spiro atoms. The zero-order valence-electron chi connectivity index (χ0n) is 11.6. The summed E-state index contributed by atoms with van der Waals surface area (Å²) in [6.45, 7) is 2.52. The van der Waals surface area contributed by atoms with Crippen molar-refractivity contribution in [3.63, 3.8) is 0 Å². The molecule has 5 heteroatoms. The Balaban J connectivity index is 1.89. The van der Waals surface area contributed by atoms with Crippen molar-refractivity contribution >= 4 is 11.6 Å². The molecule has 1 amide bonds. The monoisotopic (exact) mass is 282 g/mol. The molecule has 2 rings (SSSR count). The van der Waals surface area contributed by atoms with Crippen molar-refractivity contribution in [3.05, 3.63) is 29.3 Å². The highest BCUT2D eigenvalue weighted by molar-refractivity contribution is 5.91. The Morgan fingerprint density at radius 1 is 1.40 bits per heavy atom. The predicted molar refractivity (Wildman–Crippen MR) is 74.6 cm³/mol. The average molecular weight is 282 g/mol. The van der Waals surface area contributed by atoms with E-state index in [2.05, 4.69) is 10.6 Å². The highest BCUT2D eigenvalue weighted by Crippen LogP contribution is 2.22. The normalized spacial score (nSPS) is 18.9. The smallest absolute Gasteiger partial charge is 0.224 e. The van der Waals surface area contributed by atoms with Crippen LogP contribution in [-0.4, -0.2) is 18.5 Å². The van der Waals surface area contributed by atoms with Crippen LogP contribution in [0.15, 0.2) is 12.1 Å². The first-order chi connectivity index (χ1) is 9.58. The summed E-state index contributed by atoms with van der Waals surface area (Å²) in [4.78, 5) is 11.8. The second-order valence-electron chi connectivity index (χ2n) is 5.29. The van der Waals surface area contributed by atoms with E-state index in [0.717, 1.165) is 19.0 Å². The topological polar surface area (TPSA) is 41.1 Å². The van der Waals surface area contributed by atoms with Crippen LogP contribution in [0.2, 0.25) is 0 Å². The molecule has 110 valence electrons. The second-order valence-corrected chi connectivity index (χ2v) is 5.29. The number of hydrogen-bond donors (Lipinski definition) is 2. The van der Waals surface area contributed by atoms with E-state index in [-0.39, 0.29) is 18.0 Å². The Morgan fingerprint density at radius 3 is 2.90 bits per heavy atom. The fraction of sp³-hybridized carbons (Fsp3) is 0.533. The van der Waals surface area contributed by atoms with E-state index < -0.39 is 11.6 Å². The molecule has 1 unspecified atom stereocenters. The van der Waals surface area contributed by atoms with Gasteiger partial charge in [-0.15, -0.1) is 0 Å². The van der Waals surface area contributed by atoms with Crippen LogP contribution in [0.25, 0.3) is 0 Å². The maximum Gasteiger partial charge on any atom is 0.224 e. The third-order valence-electron chi connectivity index (χ3n) is 3.68. The third-order valence-corrected chi connectivity index (χ3v) is 3.68. The fourth-order valence-electron chi connectivity index (χ4n) is 2.45. The number of rotatable bonds is 4. The van der Waals surface area contributed by atoms with Gasteiger partial charge in [-0.2, -0.15) is 0 Å². The molecular weight excluding hydrogens is 262 g/mol. The first kappa shape index (κ1) is 14.9. The lowest BCUT2D eigenvalue weighted by Gasteiger charge is -2.23. The SMILES string of the molecule is Cc1ccc(F)c(NC(=O)CCC2CCCCN2)c1F. The molecule has 3 nitrogen and oxygen atoms in total. The van der Waals surface area contributed by atoms with Gasteiger partial charge in [0.1, 0.15) is 11.5 Å². The number of amides is 1. The fourth-order valence-corrected chi connectivity index (χ4v) is 2.45. The number of piperidine rings is 1. The van der Waals surface area contributed by atoms with Crippen molar-refractivity contribution in [1.82, 2.24) is 5.32 Å². The summed E-state index contributed by atoms with van der Waals surface area (Å²) in [6, 6.07) is 2.85. The summed E-state index contributed by atoms with van der Waals surface area (Å²) in [7, 11) is 0. The molecule has 1 fully saturated rings. The summed E-state index contributed by atoms with van der Waals surface area (Å²) >= 11 is 0. The summed E-state index contributed by atoms with van der Waals surface area (Å²) in [6.07, 6.45) is 4.36. The van der Waals surface area contributed by atoms with E-state index in [1.807, 2.05) is 0 Å². The van der Waals surface area contributed by atoms with Gasteiger partial charge in [0.2, 0.25) is 5.91 Å². The Labute approximate surface area is 117 Å². The van der Waals surface area contributed by atoms with E-state index in [9.17, 15) is 13.6 Å². The molecule has 2 N–H and O–H groups in total. The van der Waals surface area contributed by atoms with Gasteiger partial charge in [-0.1, -0.05) is 12.5 Å². The lowest BCUT2D eigenvalue weighted by molar-refractivity contribution is -0.116. The standard InChI is InChI=1S/C15H20F2N2O/c1-10-5-7-12(16)15(14(10)17)19-13(20)8-6-11-4-2-3-9-18-11/h5,7,11,18H,2-4,6,8-9H2,1H3,(H,19,20). The van der Waals surface area contributed by atoms with Crippen molar-refractivity contribution in [1.29, 1.82) is 0 Å². The number of anilines is 1. The highest BCUT2D eigenvalue weighted by atomic mass is 19.1. The van der Waals surface area contributed by atoms with Crippen molar-refractivity contribution < 1.29 is 13.6 Å². The Bertz CT molecular complexity index is 485. The van der Waals surface area contributed by atoms with Gasteiger partial charge in [0.25, 0.3) is 0 Å². The second kappa shape index (κ2) is 6.79. The molecule has 0 radical (unpaired) electrons. The molecule has 1 aliphatic rings. The van der Waals surface area contributed by atoms with Gasteiger partial charge in [0.15, 0.2) is 5.82 Å². The van der Waals surface area contributed by atoms with E-state index in [0.29, 0.717) is 18.0 Å². The molecule has 0 aromatic heterocycles. The van der Waals surface area contributed by atoms with Crippen LogP contribution in [0.3, 0.4) is 0 Å². The number of carbonyl (C=O) groups is 1. The molecule has 1 atom stereocenters. The first-order valence-electron chi connectivity index (χ1n) is 7.06. The van der Waals surface area contributed by atoms with Crippen LogP contribution in [-0.2, 0) is 4.79 Å². The summed E-state index contributed by atoms with van der Waals surface area (Å²) in [5, 5.41) is 5.68. The van der Waals surface area contributed by atoms with E-state index in [4.69, 9.17) is 0 Å². The quantitative estimate of drug-likeness (QED) is 0.890. The molecule has 20 heavy (non-hydrogen) atoms. The Hall–Kier alpha value is -1.49. The van der Waals surface area contributed by atoms with Gasteiger partial charge in [-0.3, -0.25) is 4.79 Å². The number of nitrogens with one attached hydrogen (secondary N) is 2. The number of benzene rings is 1. The molecule has 1 aromatic carbocycles. The highest BCUT2D eigenvalue weighted by Gasteiger charge is 2.17. The van der Waals surface area contributed by atoms with Crippen LogP contribution in [0.5, 0.6) is 0 Å². The zero-order chi connectivity index (χ0) is 14.5. The van der Waals surface area contributed by atoms with E-state index in [1.54, 1.807) is 0 Å². The molecule has 1 heterocycles. The number of aryl methyl sites for hydroxylation is 1. The molecule has 0 bridgehead atoms. The van der Waals surface area contributed by atoms with Crippen LogP contribution < -0.4 is 10.6 Å². The van der Waals surface area contributed by atoms with Crippen molar-refractivity contribution in [3.8, 4) is 0 Å². The van der Waals surface area contributed by atoms with Gasteiger partial charge in [0.05, 0.1) is 0 Å². The minimum atomic E-state index is -0.739. The van der Waals surface area contributed by atoms with Gasteiger partial charge >= 0.3 is 0 Å². The van der Waals surface area contributed by atoms with Crippen molar-refractivity contribution in [2.75, 3.05) is 11.9 Å². The van der Waals surface area contributed by atoms with Crippen molar-refractivity contribution in [2.24, 2.45) is 0 Å². The molecule has 1 aliphatic heterocycles. The van der Waals surface area contributed by atoms with Crippen LogP contribution in [0, 0.1) is 18.6 Å². The minimum Gasteiger partial charge on any atom is -0.321 e. The molecular formula is C15H20F2N2O. The van der Waals surface area contributed by atoms with E-state index >= 15 is 0 Å². The lowest BCUT2D eigenvalue weighted by atomic mass is 10.0. The van der Waals surface area contributed by atoms with E-state index in [1.165, 1.54) is 25.8 Å². The van der Waals surface area contributed by atoms with Gasteiger partial charge < -0.3 is 10.6 Å². The average Bonchev–Trinajstić information content (AvgIpc) is 2.46. The largest absolute Gasteiger partial charge is 0.321 e. The Morgan fingerprint density at radius 2 is 2.20 bits per heavy atom. The molecule has 1 saturated heterocycles. The van der Waals surface area contributed by atoms with Crippen LogP contribution in [0.4, 0.5) is 14.5 Å². The molecule has 0 aliphatic carbocycles. The zero-order valence-corrected chi connectivity index (χ0v) is 11.6. The third kappa shape index (κ3) is 3.76. The van der Waals surface area contributed by atoms with Gasteiger partial charge in [-0.05, 0) is 44.4 Å². The summed E-state index contributed by atoms with van der Waals surface area (Å²) in [5.74, 6) is -1.79. The number of hydrogen-bond acceptors (Lipinski definition) is 2. The maximum atomic E-state index is 13.8. The van der Waals surface area contributed by atoms with Crippen LogP contribution in [0.1, 0.15) is 37.7 Å². The van der Waals surface area contributed by atoms with Crippen molar-refractivity contribution in [2.45, 2.75) is 45.1 Å². The first-order valence-corrected chi connectivity index (χ1v) is 7.06. The molecule has 1 aromatic rings. The summed E-state index contributed by atoms with van der Waals surface area (Å²) < 4.78 is 27.3. The summed E-state index contributed by atoms with van der Waals surface area (Å²) in [5.41, 5.74) is -0.0257. The van der Waals surface area contributed by atoms with Gasteiger partial charge in [-0.25, -0.2) is 8.78 Å². The lowest BCUT2D eigenvalue weighted by Crippen LogP contribution is -2.34. The van der Waals surface area contributed by atoms with Crippen LogP contribution >= 0.6 is 0 Å². The minimum absolute atomic E-state index is 0.268.